The topological polar surface area (TPSA) is 71.7 Å². The number of ether oxygens (including phenoxy) is 1. The van der Waals surface area contributed by atoms with Crippen LogP contribution in [-0.4, -0.2) is 48.3 Å². The lowest BCUT2D eigenvalue weighted by molar-refractivity contribution is 0.0572. The normalized spacial score (nSPS) is 13.1. The van der Waals surface area contributed by atoms with E-state index in [1.807, 2.05) is 47.0 Å². The van der Waals surface area contributed by atoms with E-state index in [1.165, 1.54) is 0 Å². The molecular formula is C16H28N4O2. The summed E-state index contributed by atoms with van der Waals surface area (Å²) in [6.07, 6.45) is 1.29. The SMILES string of the molecule is CC(CN(C(=O)OC(C)(C)C)c1ccc(CN)nc1)N(C)C. The van der Waals surface area contributed by atoms with Gasteiger partial charge >= 0.3 is 6.09 Å². The second kappa shape index (κ2) is 7.56. The van der Waals surface area contributed by atoms with Crippen molar-refractivity contribution in [2.45, 2.75) is 45.9 Å². The minimum absolute atomic E-state index is 0.182. The quantitative estimate of drug-likeness (QED) is 0.903. The minimum Gasteiger partial charge on any atom is -0.443 e. The summed E-state index contributed by atoms with van der Waals surface area (Å²) in [5.74, 6) is 0. The molecule has 0 saturated carbocycles. The molecule has 1 rings (SSSR count). The summed E-state index contributed by atoms with van der Waals surface area (Å²) < 4.78 is 5.51. The molecule has 0 aromatic carbocycles. The van der Waals surface area contributed by atoms with Crippen LogP contribution in [-0.2, 0) is 11.3 Å². The number of hydrogen-bond donors (Lipinski definition) is 1. The van der Waals surface area contributed by atoms with Gasteiger partial charge in [0.1, 0.15) is 5.60 Å². The average Bonchev–Trinajstić information content (AvgIpc) is 2.42. The van der Waals surface area contributed by atoms with E-state index in [0.717, 1.165) is 5.69 Å². The van der Waals surface area contributed by atoms with E-state index in [4.69, 9.17) is 10.5 Å². The number of carbonyl (C=O) groups excluding carboxylic acids is 1. The maximum atomic E-state index is 12.5. The number of hydrogen-bond acceptors (Lipinski definition) is 5. The number of amides is 1. The first kappa shape index (κ1) is 18.4. The number of pyridine rings is 1. The van der Waals surface area contributed by atoms with Gasteiger partial charge in [-0.25, -0.2) is 4.79 Å². The van der Waals surface area contributed by atoms with Gasteiger partial charge < -0.3 is 15.4 Å². The van der Waals surface area contributed by atoms with Crippen LogP contribution in [0, 0.1) is 0 Å². The van der Waals surface area contributed by atoms with Gasteiger partial charge in [0.05, 0.1) is 17.6 Å². The fraction of sp³-hybridized carbons (Fsp3) is 0.625. The van der Waals surface area contributed by atoms with Crippen molar-refractivity contribution in [2.75, 3.05) is 25.5 Å². The minimum atomic E-state index is -0.540. The molecule has 1 amide bonds. The summed E-state index contributed by atoms with van der Waals surface area (Å²) in [4.78, 5) is 20.4. The lowest BCUT2D eigenvalue weighted by Crippen LogP contribution is -2.44. The molecule has 0 saturated heterocycles. The largest absolute Gasteiger partial charge is 0.443 e. The second-order valence-electron chi connectivity index (χ2n) is 6.62. The Kier molecular flexibility index (Phi) is 6.32. The van der Waals surface area contributed by atoms with Gasteiger partial charge in [0, 0.05) is 19.1 Å². The second-order valence-corrected chi connectivity index (χ2v) is 6.62. The highest BCUT2D eigenvalue weighted by Gasteiger charge is 2.25. The molecular weight excluding hydrogens is 280 g/mol. The van der Waals surface area contributed by atoms with Crippen LogP contribution in [0.1, 0.15) is 33.4 Å². The fourth-order valence-corrected chi connectivity index (χ4v) is 1.73. The molecule has 0 spiro atoms. The summed E-state index contributed by atoms with van der Waals surface area (Å²) in [6.45, 7) is 8.52. The third-order valence-corrected chi connectivity index (χ3v) is 3.27. The number of carbonyl (C=O) groups is 1. The van der Waals surface area contributed by atoms with Crippen LogP contribution in [0.25, 0.3) is 0 Å². The Morgan fingerprint density at radius 3 is 2.41 bits per heavy atom. The van der Waals surface area contributed by atoms with Crippen LogP contribution >= 0.6 is 0 Å². The Bertz CT molecular complexity index is 480. The molecule has 6 nitrogen and oxygen atoms in total. The van der Waals surface area contributed by atoms with Gasteiger partial charge in [0.2, 0.25) is 0 Å². The van der Waals surface area contributed by atoms with Crippen LogP contribution in [0.3, 0.4) is 0 Å². The van der Waals surface area contributed by atoms with Crippen molar-refractivity contribution in [3.8, 4) is 0 Å². The van der Waals surface area contributed by atoms with Crippen LogP contribution in [0.5, 0.6) is 0 Å². The molecule has 1 aromatic rings. The zero-order valence-corrected chi connectivity index (χ0v) is 14.5. The first-order valence-electron chi connectivity index (χ1n) is 7.46. The van der Waals surface area contributed by atoms with Gasteiger partial charge in [-0.2, -0.15) is 0 Å². The molecule has 1 heterocycles. The zero-order valence-electron chi connectivity index (χ0n) is 14.5. The molecule has 0 aliphatic carbocycles. The van der Waals surface area contributed by atoms with Crippen LogP contribution in [0.2, 0.25) is 0 Å². The van der Waals surface area contributed by atoms with Crippen molar-refractivity contribution in [3.63, 3.8) is 0 Å². The molecule has 2 N–H and O–H groups in total. The molecule has 1 aromatic heterocycles. The van der Waals surface area contributed by atoms with Gasteiger partial charge in [0.25, 0.3) is 0 Å². The van der Waals surface area contributed by atoms with E-state index in [-0.39, 0.29) is 12.1 Å². The highest BCUT2D eigenvalue weighted by atomic mass is 16.6. The van der Waals surface area contributed by atoms with Crippen LogP contribution < -0.4 is 10.6 Å². The predicted octanol–water partition coefficient (Wildman–Crippen LogP) is 2.23. The van der Waals surface area contributed by atoms with Gasteiger partial charge in [-0.1, -0.05) is 0 Å². The summed E-state index contributed by atoms with van der Waals surface area (Å²) in [5.41, 5.74) is 6.52. The van der Waals surface area contributed by atoms with Gasteiger partial charge in [-0.3, -0.25) is 9.88 Å². The van der Waals surface area contributed by atoms with Gasteiger partial charge in [-0.15, -0.1) is 0 Å². The van der Waals surface area contributed by atoms with E-state index in [1.54, 1.807) is 11.1 Å². The van der Waals surface area contributed by atoms with E-state index >= 15 is 0 Å². The van der Waals surface area contributed by atoms with Gasteiger partial charge in [0.15, 0.2) is 0 Å². The molecule has 1 atom stereocenters. The molecule has 22 heavy (non-hydrogen) atoms. The highest BCUT2D eigenvalue weighted by molar-refractivity contribution is 5.87. The Morgan fingerprint density at radius 1 is 1.36 bits per heavy atom. The maximum Gasteiger partial charge on any atom is 0.414 e. The lowest BCUT2D eigenvalue weighted by atomic mass is 10.2. The molecule has 6 heteroatoms. The average molecular weight is 308 g/mol. The molecule has 0 radical (unpaired) electrons. The molecule has 0 aliphatic heterocycles. The van der Waals surface area contributed by atoms with Crippen LogP contribution in [0.15, 0.2) is 18.3 Å². The third-order valence-electron chi connectivity index (χ3n) is 3.27. The standard InChI is InChI=1S/C16H28N4O2/c1-12(19(5)6)11-20(15(21)22-16(2,3)4)14-8-7-13(9-17)18-10-14/h7-8,10,12H,9,11,17H2,1-6H3. The monoisotopic (exact) mass is 308 g/mol. The first-order chi connectivity index (χ1) is 10.1. The Hall–Kier alpha value is -1.66. The highest BCUT2D eigenvalue weighted by Crippen LogP contribution is 2.19. The lowest BCUT2D eigenvalue weighted by Gasteiger charge is -2.31. The van der Waals surface area contributed by atoms with Crippen molar-refractivity contribution < 1.29 is 9.53 Å². The molecule has 0 aliphatic rings. The third kappa shape index (κ3) is 5.61. The molecule has 1 unspecified atom stereocenters. The van der Waals surface area contributed by atoms with Crippen molar-refractivity contribution in [1.29, 1.82) is 0 Å². The van der Waals surface area contributed by atoms with E-state index in [2.05, 4.69) is 16.8 Å². The number of likely N-dealkylation sites (N-methyl/N-ethyl adjacent to an activating group) is 1. The fourth-order valence-electron chi connectivity index (χ4n) is 1.73. The van der Waals surface area contributed by atoms with E-state index < -0.39 is 5.60 Å². The Balaban J connectivity index is 3.01. The molecule has 0 fully saturated rings. The number of nitrogens with zero attached hydrogens (tertiary/aromatic N) is 3. The number of nitrogens with two attached hydrogens (primary N) is 1. The molecule has 0 bridgehead atoms. The smallest absolute Gasteiger partial charge is 0.414 e. The van der Waals surface area contributed by atoms with E-state index in [0.29, 0.717) is 18.8 Å². The van der Waals surface area contributed by atoms with Crippen molar-refractivity contribution in [2.24, 2.45) is 5.73 Å². The number of rotatable bonds is 5. The van der Waals surface area contributed by atoms with Crippen LogP contribution in [0.4, 0.5) is 10.5 Å². The maximum absolute atomic E-state index is 12.5. The zero-order chi connectivity index (χ0) is 16.9. The van der Waals surface area contributed by atoms with Gasteiger partial charge in [-0.05, 0) is 53.9 Å². The summed E-state index contributed by atoms with van der Waals surface area (Å²) in [6, 6.07) is 3.86. The Labute approximate surface area is 133 Å². The van der Waals surface area contributed by atoms with Crippen molar-refractivity contribution >= 4 is 11.8 Å². The summed E-state index contributed by atoms with van der Waals surface area (Å²) in [7, 11) is 3.96. The van der Waals surface area contributed by atoms with Crippen molar-refractivity contribution in [1.82, 2.24) is 9.88 Å². The predicted molar refractivity (Wildman–Crippen MR) is 88.9 cm³/mol. The summed E-state index contributed by atoms with van der Waals surface area (Å²) in [5, 5.41) is 0. The number of anilines is 1. The molecule has 124 valence electrons. The first-order valence-corrected chi connectivity index (χ1v) is 7.46. The van der Waals surface area contributed by atoms with E-state index in [9.17, 15) is 4.79 Å². The number of aromatic nitrogens is 1. The van der Waals surface area contributed by atoms with Crippen molar-refractivity contribution in [3.05, 3.63) is 24.0 Å². The Morgan fingerprint density at radius 2 is 2.00 bits per heavy atom. The summed E-state index contributed by atoms with van der Waals surface area (Å²) >= 11 is 0.